The maximum atomic E-state index is 12.7. The SMILES string of the molecule is CCO[C@@H](Cc1ccc(OCc2csc(-c3ccc(C(F)(F)F)cc3)n2)cc1C)C(=O)O. The number of alkyl halides is 3. The van der Waals surface area contributed by atoms with Gasteiger partial charge in [-0.3, -0.25) is 0 Å². The Morgan fingerprint density at radius 1 is 1.19 bits per heavy atom. The molecule has 3 rings (SSSR count). The van der Waals surface area contributed by atoms with Gasteiger partial charge in [-0.25, -0.2) is 9.78 Å². The number of hydrogen-bond acceptors (Lipinski definition) is 5. The summed E-state index contributed by atoms with van der Waals surface area (Å²) < 4.78 is 49.2. The first-order valence-electron chi connectivity index (χ1n) is 9.86. The number of rotatable bonds is 9. The second kappa shape index (κ2) is 10.1. The number of aliphatic carboxylic acids is 1. The highest BCUT2D eigenvalue weighted by molar-refractivity contribution is 7.13. The van der Waals surface area contributed by atoms with E-state index in [2.05, 4.69) is 4.98 Å². The molecule has 1 N–H and O–H groups in total. The summed E-state index contributed by atoms with van der Waals surface area (Å²) in [7, 11) is 0. The van der Waals surface area contributed by atoms with E-state index in [0.29, 0.717) is 28.6 Å². The fourth-order valence-electron chi connectivity index (χ4n) is 3.07. The lowest BCUT2D eigenvalue weighted by atomic mass is 10.0. The molecule has 1 heterocycles. The highest BCUT2D eigenvalue weighted by Crippen LogP contribution is 2.32. The van der Waals surface area contributed by atoms with Crippen molar-refractivity contribution in [1.82, 2.24) is 4.98 Å². The summed E-state index contributed by atoms with van der Waals surface area (Å²) in [5.41, 5.74) is 2.32. The Balaban J connectivity index is 1.62. The zero-order chi connectivity index (χ0) is 23.3. The van der Waals surface area contributed by atoms with E-state index in [1.54, 1.807) is 18.4 Å². The minimum Gasteiger partial charge on any atom is -0.487 e. The summed E-state index contributed by atoms with van der Waals surface area (Å²) in [6.07, 6.45) is -5.01. The zero-order valence-corrected chi connectivity index (χ0v) is 18.3. The molecule has 0 fully saturated rings. The third-order valence-electron chi connectivity index (χ3n) is 4.76. The summed E-state index contributed by atoms with van der Waals surface area (Å²) in [6.45, 7) is 4.14. The van der Waals surface area contributed by atoms with Crippen molar-refractivity contribution in [3.05, 3.63) is 70.2 Å². The molecule has 0 aliphatic heterocycles. The van der Waals surface area contributed by atoms with Crippen LogP contribution in [0.5, 0.6) is 5.75 Å². The van der Waals surface area contributed by atoms with Gasteiger partial charge < -0.3 is 14.6 Å². The Kier molecular flexibility index (Phi) is 7.52. The van der Waals surface area contributed by atoms with E-state index < -0.39 is 23.8 Å². The standard InChI is InChI=1S/C23H22F3NO4S/c1-3-30-20(22(28)29)11-16-6-9-19(10-14(16)2)31-12-18-13-32-21(27-18)15-4-7-17(8-5-15)23(24,25)26/h4-10,13,20H,3,11-12H2,1-2H3,(H,28,29)/t20-/m0/s1. The molecule has 170 valence electrons. The number of carbonyl (C=O) groups is 1. The lowest BCUT2D eigenvalue weighted by Gasteiger charge is -2.15. The van der Waals surface area contributed by atoms with E-state index >= 15 is 0 Å². The van der Waals surface area contributed by atoms with Crippen LogP contribution >= 0.6 is 11.3 Å². The number of nitrogens with zero attached hydrogens (tertiary/aromatic N) is 1. The molecule has 5 nitrogen and oxygen atoms in total. The molecule has 1 atom stereocenters. The molecule has 9 heteroatoms. The topological polar surface area (TPSA) is 68.7 Å². The summed E-state index contributed by atoms with van der Waals surface area (Å²) in [5.74, 6) is -0.391. The van der Waals surface area contributed by atoms with E-state index in [9.17, 15) is 23.1 Å². The fourth-order valence-corrected chi connectivity index (χ4v) is 3.88. The van der Waals surface area contributed by atoms with Gasteiger partial charge in [-0.05, 0) is 49.2 Å². The quantitative estimate of drug-likeness (QED) is 0.436. The Morgan fingerprint density at radius 2 is 1.91 bits per heavy atom. The molecule has 0 radical (unpaired) electrons. The predicted molar refractivity (Wildman–Crippen MR) is 115 cm³/mol. The normalized spacial score (nSPS) is 12.5. The van der Waals surface area contributed by atoms with Gasteiger partial charge in [-0.1, -0.05) is 18.2 Å². The summed E-state index contributed by atoms with van der Waals surface area (Å²) >= 11 is 1.33. The van der Waals surface area contributed by atoms with Crippen molar-refractivity contribution in [2.75, 3.05) is 6.61 Å². The summed E-state index contributed by atoms with van der Waals surface area (Å²) in [5, 5.41) is 11.7. The van der Waals surface area contributed by atoms with Gasteiger partial charge in [0.2, 0.25) is 0 Å². The number of hydrogen-bond donors (Lipinski definition) is 1. The van der Waals surface area contributed by atoms with Crippen molar-refractivity contribution >= 4 is 17.3 Å². The molecule has 0 saturated heterocycles. The molecule has 2 aromatic carbocycles. The average Bonchev–Trinajstić information content (AvgIpc) is 3.22. The summed E-state index contributed by atoms with van der Waals surface area (Å²) in [4.78, 5) is 15.7. The van der Waals surface area contributed by atoms with Crippen LogP contribution in [0.2, 0.25) is 0 Å². The number of carboxylic acids is 1. The molecule has 0 amide bonds. The smallest absolute Gasteiger partial charge is 0.416 e. The van der Waals surface area contributed by atoms with Gasteiger partial charge in [0.25, 0.3) is 0 Å². The Bertz CT molecular complexity index is 1060. The van der Waals surface area contributed by atoms with Crippen LogP contribution < -0.4 is 4.74 Å². The monoisotopic (exact) mass is 465 g/mol. The van der Waals surface area contributed by atoms with Crippen molar-refractivity contribution in [3.63, 3.8) is 0 Å². The van der Waals surface area contributed by atoms with Crippen LogP contribution in [0.4, 0.5) is 13.2 Å². The highest BCUT2D eigenvalue weighted by Gasteiger charge is 2.30. The maximum absolute atomic E-state index is 12.7. The Labute approximate surface area is 187 Å². The molecule has 0 saturated carbocycles. The molecule has 32 heavy (non-hydrogen) atoms. The van der Waals surface area contributed by atoms with Gasteiger partial charge >= 0.3 is 12.1 Å². The van der Waals surface area contributed by atoms with Gasteiger partial charge in [0.1, 0.15) is 17.4 Å². The van der Waals surface area contributed by atoms with Crippen LogP contribution in [0.15, 0.2) is 47.8 Å². The van der Waals surface area contributed by atoms with Gasteiger partial charge in [0.15, 0.2) is 6.10 Å². The van der Waals surface area contributed by atoms with Gasteiger partial charge in [-0.15, -0.1) is 11.3 Å². The van der Waals surface area contributed by atoms with Gasteiger partial charge in [0, 0.05) is 24.0 Å². The first-order chi connectivity index (χ1) is 15.2. The fraction of sp³-hybridized carbons (Fsp3) is 0.304. The lowest BCUT2D eigenvalue weighted by molar-refractivity contribution is -0.150. The molecule has 1 aromatic heterocycles. The van der Waals surface area contributed by atoms with E-state index in [1.165, 1.54) is 23.5 Å². The second-order valence-electron chi connectivity index (χ2n) is 7.08. The first-order valence-corrected chi connectivity index (χ1v) is 10.7. The van der Waals surface area contributed by atoms with Crippen LogP contribution in [-0.4, -0.2) is 28.8 Å². The van der Waals surface area contributed by atoms with Crippen LogP contribution in [0.3, 0.4) is 0 Å². The third kappa shape index (κ3) is 6.08. The molecular weight excluding hydrogens is 443 g/mol. The number of benzene rings is 2. The van der Waals surface area contributed by atoms with Crippen molar-refractivity contribution < 1.29 is 32.5 Å². The number of ether oxygens (including phenoxy) is 2. The van der Waals surface area contributed by atoms with E-state index in [1.807, 2.05) is 19.1 Å². The molecule has 0 aliphatic rings. The highest BCUT2D eigenvalue weighted by atomic mass is 32.1. The van der Waals surface area contributed by atoms with Gasteiger partial charge in [0.05, 0.1) is 11.3 Å². The summed E-state index contributed by atoms with van der Waals surface area (Å²) in [6, 6.07) is 10.3. The number of halogens is 3. The number of aryl methyl sites for hydroxylation is 1. The van der Waals surface area contributed by atoms with Crippen LogP contribution in [0.25, 0.3) is 10.6 Å². The van der Waals surface area contributed by atoms with E-state index in [-0.39, 0.29) is 13.0 Å². The molecule has 0 bridgehead atoms. The average molecular weight is 465 g/mol. The van der Waals surface area contributed by atoms with Gasteiger partial charge in [-0.2, -0.15) is 13.2 Å². The van der Waals surface area contributed by atoms with Crippen molar-refractivity contribution in [3.8, 4) is 16.3 Å². The number of thiazole rings is 1. The van der Waals surface area contributed by atoms with Crippen LogP contribution in [0.1, 0.15) is 29.3 Å². The van der Waals surface area contributed by atoms with E-state index in [4.69, 9.17) is 9.47 Å². The van der Waals surface area contributed by atoms with Crippen LogP contribution in [-0.2, 0) is 28.7 Å². The Hall–Kier alpha value is -2.91. The molecule has 3 aromatic rings. The van der Waals surface area contributed by atoms with E-state index in [0.717, 1.165) is 23.3 Å². The van der Waals surface area contributed by atoms with Crippen molar-refractivity contribution in [2.24, 2.45) is 0 Å². The first kappa shape index (κ1) is 23.7. The predicted octanol–water partition coefficient (Wildman–Crippen LogP) is 5.75. The van der Waals surface area contributed by atoms with Crippen molar-refractivity contribution in [2.45, 2.75) is 39.2 Å². The minimum absolute atomic E-state index is 0.201. The van der Waals surface area contributed by atoms with Crippen molar-refractivity contribution in [1.29, 1.82) is 0 Å². The lowest BCUT2D eigenvalue weighted by Crippen LogP contribution is -2.26. The third-order valence-corrected chi connectivity index (χ3v) is 5.70. The largest absolute Gasteiger partial charge is 0.487 e. The molecular formula is C23H22F3NO4S. The second-order valence-corrected chi connectivity index (χ2v) is 7.94. The van der Waals surface area contributed by atoms with Crippen LogP contribution in [0, 0.1) is 6.92 Å². The number of carboxylic acid groups (broad SMARTS) is 1. The molecule has 0 aliphatic carbocycles. The minimum atomic E-state index is -4.37. The zero-order valence-electron chi connectivity index (χ0n) is 17.5. The maximum Gasteiger partial charge on any atom is 0.416 e. The molecule has 0 unspecified atom stereocenters. The molecule has 0 spiro atoms. The number of aromatic nitrogens is 1. The Morgan fingerprint density at radius 3 is 2.50 bits per heavy atom.